The second-order valence-corrected chi connectivity index (χ2v) is 4.77. The van der Waals surface area contributed by atoms with Crippen LogP contribution in [0.2, 0.25) is 0 Å². The van der Waals surface area contributed by atoms with E-state index in [0.29, 0.717) is 29.4 Å². The summed E-state index contributed by atoms with van der Waals surface area (Å²) in [5.74, 6) is 0.951. The molecule has 0 aliphatic carbocycles. The number of rotatable bonds is 5. The van der Waals surface area contributed by atoms with Crippen LogP contribution >= 0.6 is 0 Å². The Hall–Kier alpha value is -2.15. The maximum Gasteiger partial charge on any atom is 0.271 e. The molecule has 7 nitrogen and oxygen atoms in total. The number of fused-ring (bicyclic) bond motifs is 1. The number of nitrogens with two attached hydrogens (primary N) is 1. The highest BCUT2D eigenvalue weighted by Crippen LogP contribution is 2.21. The Bertz CT molecular complexity index is 593. The fourth-order valence-corrected chi connectivity index (χ4v) is 1.85. The lowest BCUT2D eigenvalue weighted by molar-refractivity contribution is -0.384. The Morgan fingerprint density at radius 1 is 1.53 bits per heavy atom. The largest absolute Gasteiger partial charge is 0.352 e. The molecule has 1 unspecified atom stereocenters. The first-order chi connectivity index (χ1) is 9.01. The summed E-state index contributed by atoms with van der Waals surface area (Å²) in [7, 11) is 0. The van der Waals surface area contributed by atoms with Gasteiger partial charge in [0.1, 0.15) is 0 Å². The Labute approximate surface area is 110 Å². The summed E-state index contributed by atoms with van der Waals surface area (Å²) in [4.78, 5) is 17.6. The van der Waals surface area contributed by atoms with Gasteiger partial charge in [-0.05, 0) is 12.0 Å². The predicted molar refractivity (Wildman–Crippen MR) is 74.1 cm³/mol. The second-order valence-electron chi connectivity index (χ2n) is 4.77. The first-order valence-corrected chi connectivity index (χ1v) is 6.12. The molecule has 0 aliphatic rings. The molecule has 1 atom stereocenters. The number of aromatic nitrogens is 2. The van der Waals surface area contributed by atoms with Crippen LogP contribution in [0.4, 0.5) is 11.6 Å². The van der Waals surface area contributed by atoms with Crippen molar-refractivity contribution in [3.8, 4) is 0 Å². The summed E-state index contributed by atoms with van der Waals surface area (Å²) in [6.45, 7) is 4.63. The molecule has 1 aromatic carbocycles. The normalized spacial score (nSPS) is 12.8. The number of non-ortho nitro benzene ring substituents is 1. The molecule has 0 aliphatic heterocycles. The van der Waals surface area contributed by atoms with Crippen LogP contribution in [-0.4, -0.2) is 27.5 Å². The predicted octanol–water partition coefficient (Wildman–Crippen LogP) is 1.87. The molecular formula is C12H17N5O2. The van der Waals surface area contributed by atoms with Gasteiger partial charge < -0.3 is 16.0 Å². The van der Waals surface area contributed by atoms with Gasteiger partial charge in [0.15, 0.2) is 0 Å². The van der Waals surface area contributed by atoms with Crippen LogP contribution in [0, 0.1) is 16.0 Å². The van der Waals surface area contributed by atoms with Crippen molar-refractivity contribution in [2.45, 2.75) is 19.9 Å². The standard InChI is InChI=1S/C12H17N5O2/c1-7(2)11(6-13)16-12-14-9-4-3-8(17(18)19)5-10(9)15-12/h3-5,7,11H,6,13H2,1-2H3,(H2,14,15,16). The van der Waals surface area contributed by atoms with Crippen LogP contribution < -0.4 is 11.1 Å². The number of imidazole rings is 1. The third-order valence-corrected chi connectivity index (χ3v) is 3.06. The van der Waals surface area contributed by atoms with Gasteiger partial charge >= 0.3 is 0 Å². The quantitative estimate of drug-likeness (QED) is 0.563. The van der Waals surface area contributed by atoms with Gasteiger partial charge in [-0.25, -0.2) is 4.98 Å². The molecule has 2 rings (SSSR count). The molecule has 0 radical (unpaired) electrons. The summed E-state index contributed by atoms with van der Waals surface area (Å²) < 4.78 is 0. The van der Waals surface area contributed by atoms with Crippen molar-refractivity contribution < 1.29 is 4.92 Å². The lowest BCUT2D eigenvalue weighted by atomic mass is 10.1. The molecule has 0 bridgehead atoms. The Kier molecular flexibility index (Phi) is 3.66. The number of hydrogen-bond acceptors (Lipinski definition) is 5. The molecule has 1 heterocycles. The lowest BCUT2D eigenvalue weighted by Crippen LogP contribution is -2.34. The van der Waals surface area contributed by atoms with Gasteiger partial charge in [0.2, 0.25) is 5.95 Å². The molecule has 1 aromatic heterocycles. The van der Waals surface area contributed by atoms with E-state index in [1.807, 2.05) is 0 Å². The van der Waals surface area contributed by atoms with Gasteiger partial charge in [-0.1, -0.05) is 13.8 Å². The van der Waals surface area contributed by atoms with E-state index in [1.165, 1.54) is 12.1 Å². The van der Waals surface area contributed by atoms with E-state index in [4.69, 9.17) is 5.73 Å². The third-order valence-electron chi connectivity index (χ3n) is 3.06. The van der Waals surface area contributed by atoms with Gasteiger partial charge in [-0.15, -0.1) is 0 Å². The average Bonchev–Trinajstić information content (AvgIpc) is 2.76. The Morgan fingerprint density at radius 2 is 2.26 bits per heavy atom. The fourth-order valence-electron chi connectivity index (χ4n) is 1.85. The highest BCUT2D eigenvalue weighted by molar-refractivity contribution is 5.79. The average molecular weight is 263 g/mol. The van der Waals surface area contributed by atoms with Gasteiger partial charge in [0.25, 0.3) is 5.69 Å². The monoisotopic (exact) mass is 263 g/mol. The lowest BCUT2D eigenvalue weighted by Gasteiger charge is -2.19. The second kappa shape index (κ2) is 5.23. The molecule has 0 amide bonds. The molecule has 0 fully saturated rings. The van der Waals surface area contributed by atoms with Gasteiger partial charge in [-0.2, -0.15) is 0 Å². The zero-order chi connectivity index (χ0) is 14.0. The summed E-state index contributed by atoms with van der Waals surface area (Å²) in [5.41, 5.74) is 7.05. The van der Waals surface area contributed by atoms with Crippen LogP contribution in [0.3, 0.4) is 0 Å². The van der Waals surface area contributed by atoms with Crippen LogP contribution in [0.25, 0.3) is 11.0 Å². The van der Waals surface area contributed by atoms with Crippen LogP contribution in [0.15, 0.2) is 18.2 Å². The number of benzene rings is 1. The van der Waals surface area contributed by atoms with Gasteiger partial charge in [0, 0.05) is 24.7 Å². The highest BCUT2D eigenvalue weighted by atomic mass is 16.6. The van der Waals surface area contributed by atoms with Crippen molar-refractivity contribution in [3.05, 3.63) is 28.3 Å². The minimum absolute atomic E-state index is 0.0435. The van der Waals surface area contributed by atoms with Crippen LogP contribution in [-0.2, 0) is 0 Å². The minimum Gasteiger partial charge on any atom is -0.352 e. The zero-order valence-corrected chi connectivity index (χ0v) is 10.9. The van der Waals surface area contributed by atoms with E-state index in [2.05, 4.69) is 29.1 Å². The Balaban J connectivity index is 2.28. The first-order valence-electron chi connectivity index (χ1n) is 6.12. The SMILES string of the molecule is CC(C)C(CN)Nc1nc2ccc([N+](=O)[O-])cc2[nH]1. The van der Waals surface area contributed by atoms with Gasteiger partial charge in [0.05, 0.1) is 16.0 Å². The summed E-state index contributed by atoms with van der Waals surface area (Å²) >= 11 is 0. The van der Waals surface area contributed by atoms with E-state index in [0.717, 1.165) is 0 Å². The van der Waals surface area contributed by atoms with Crippen LogP contribution in [0.5, 0.6) is 0 Å². The van der Waals surface area contributed by atoms with Crippen molar-refractivity contribution >= 4 is 22.7 Å². The van der Waals surface area contributed by atoms with E-state index < -0.39 is 4.92 Å². The molecule has 7 heteroatoms. The van der Waals surface area contributed by atoms with Crippen molar-refractivity contribution in [3.63, 3.8) is 0 Å². The number of hydrogen-bond donors (Lipinski definition) is 3. The molecule has 4 N–H and O–H groups in total. The molecule has 0 spiro atoms. The summed E-state index contributed by atoms with van der Waals surface area (Å²) in [6, 6.07) is 4.65. The number of aromatic amines is 1. The minimum atomic E-state index is -0.426. The maximum absolute atomic E-state index is 10.7. The highest BCUT2D eigenvalue weighted by Gasteiger charge is 2.14. The first kappa shape index (κ1) is 13.3. The van der Waals surface area contributed by atoms with Crippen molar-refractivity contribution in [1.29, 1.82) is 0 Å². The van der Waals surface area contributed by atoms with Gasteiger partial charge in [-0.3, -0.25) is 10.1 Å². The van der Waals surface area contributed by atoms with Crippen molar-refractivity contribution in [2.75, 3.05) is 11.9 Å². The number of H-pyrrole nitrogens is 1. The third kappa shape index (κ3) is 2.82. The van der Waals surface area contributed by atoms with E-state index in [-0.39, 0.29) is 11.7 Å². The number of nitrogens with one attached hydrogen (secondary N) is 2. The molecular weight excluding hydrogens is 246 g/mol. The molecule has 19 heavy (non-hydrogen) atoms. The zero-order valence-electron chi connectivity index (χ0n) is 10.9. The molecule has 0 saturated carbocycles. The maximum atomic E-state index is 10.7. The fraction of sp³-hybridized carbons (Fsp3) is 0.417. The molecule has 2 aromatic rings. The van der Waals surface area contributed by atoms with Crippen molar-refractivity contribution in [1.82, 2.24) is 9.97 Å². The molecule has 102 valence electrons. The molecule has 0 saturated heterocycles. The van der Waals surface area contributed by atoms with Crippen LogP contribution in [0.1, 0.15) is 13.8 Å². The number of anilines is 1. The summed E-state index contributed by atoms with van der Waals surface area (Å²) in [5, 5.41) is 13.9. The topological polar surface area (TPSA) is 110 Å². The number of nitrogens with zero attached hydrogens (tertiary/aromatic N) is 2. The number of nitro groups is 1. The summed E-state index contributed by atoms with van der Waals surface area (Å²) in [6.07, 6.45) is 0. The van der Waals surface area contributed by atoms with E-state index >= 15 is 0 Å². The van der Waals surface area contributed by atoms with E-state index in [1.54, 1.807) is 6.07 Å². The number of nitro benzene ring substituents is 1. The Morgan fingerprint density at radius 3 is 2.84 bits per heavy atom. The smallest absolute Gasteiger partial charge is 0.271 e. The van der Waals surface area contributed by atoms with Crippen molar-refractivity contribution in [2.24, 2.45) is 11.7 Å². The van der Waals surface area contributed by atoms with E-state index in [9.17, 15) is 10.1 Å².